The summed E-state index contributed by atoms with van der Waals surface area (Å²) < 4.78 is 6.31. The lowest BCUT2D eigenvalue weighted by molar-refractivity contribution is -0.185. The Bertz CT molecular complexity index is 294. The van der Waals surface area contributed by atoms with E-state index < -0.39 is 0 Å². The monoisotopic (exact) mass is 251 g/mol. The Morgan fingerprint density at radius 2 is 1.72 bits per heavy atom. The average Bonchev–Trinajstić information content (AvgIpc) is 2.27. The van der Waals surface area contributed by atoms with Crippen molar-refractivity contribution in [1.29, 1.82) is 0 Å². The second-order valence-electron chi connectivity index (χ2n) is 8.13. The number of hydrogen-bond donors (Lipinski definition) is 1. The SMILES string of the molecule is CC(C)(C)C1CCC2(CC1)NCC1(CCC1)CO2. The predicted molar refractivity (Wildman–Crippen MR) is 74.4 cm³/mol. The second-order valence-corrected chi connectivity index (χ2v) is 8.13. The lowest BCUT2D eigenvalue weighted by atomic mass is 9.66. The van der Waals surface area contributed by atoms with Crippen molar-refractivity contribution in [1.82, 2.24) is 5.32 Å². The molecule has 1 aliphatic heterocycles. The van der Waals surface area contributed by atoms with Gasteiger partial charge in [0.25, 0.3) is 0 Å². The van der Waals surface area contributed by atoms with E-state index in [0.717, 1.165) is 12.5 Å². The molecule has 104 valence electrons. The first-order valence-corrected chi connectivity index (χ1v) is 7.82. The summed E-state index contributed by atoms with van der Waals surface area (Å²) in [5, 5.41) is 3.78. The molecule has 2 saturated carbocycles. The lowest BCUT2D eigenvalue weighted by Gasteiger charge is -2.54. The predicted octanol–water partition coefficient (Wildman–Crippen LogP) is 3.71. The number of hydrogen-bond acceptors (Lipinski definition) is 2. The van der Waals surface area contributed by atoms with Crippen molar-refractivity contribution in [3.8, 4) is 0 Å². The van der Waals surface area contributed by atoms with Gasteiger partial charge < -0.3 is 4.74 Å². The van der Waals surface area contributed by atoms with Gasteiger partial charge in [-0.1, -0.05) is 27.2 Å². The molecular weight excluding hydrogens is 222 g/mol. The Balaban J connectivity index is 1.56. The largest absolute Gasteiger partial charge is 0.360 e. The molecule has 3 rings (SSSR count). The van der Waals surface area contributed by atoms with Crippen LogP contribution in [0.15, 0.2) is 0 Å². The maximum absolute atomic E-state index is 6.31. The van der Waals surface area contributed by atoms with Gasteiger partial charge in [-0.25, -0.2) is 0 Å². The van der Waals surface area contributed by atoms with Crippen molar-refractivity contribution in [2.45, 2.75) is 71.4 Å². The quantitative estimate of drug-likeness (QED) is 0.708. The van der Waals surface area contributed by atoms with Gasteiger partial charge in [0.2, 0.25) is 0 Å². The van der Waals surface area contributed by atoms with Gasteiger partial charge in [0.1, 0.15) is 5.72 Å². The first-order chi connectivity index (χ1) is 8.43. The molecule has 2 aliphatic carbocycles. The van der Waals surface area contributed by atoms with Crippen LogP contribution in [0.2, 0.25) is 0 Å². The normalized spacial score (nSPS) is 39.8. The number of ether oxygens (including phenoxy) is 1. The van der Waals surface area contributed by atoms with E-state index in [2.05, 4.69) is 26.1 Å². The smallest absolute Gasteiger partial charge is 0.119 e. The van der Waals surface area contributed by atoms with E-state index in [-0.39, 0.29) is 5.72 Å². The van der Waals surface area contributed by atoms with Crippen LogP contribution in [0.1, 0.15) is 65.7 Å². The minimum atomic E-state index is 0.0442. The first-order valence-electron chi connectivity index (χ1n) is 7.82. The zero-order valence-electron chi connectivity index (χ0n) is 12.3. The van der Waals surface area contributed by atoms with Gasteiger partial charge in [-0.2, -0.15) is 0 Å². The number of rotatable bonds is 0. The van der Waals surface area contributed by atoms with E-state index in [1.165, 1.54) is 51.5 Å². The van der Waals surface area contributed by atoms with Crippen molar-refractivity contribution in [3.05, 3.63) is 0 Å². The molecule has 2 nitrogen and oxygen atoms in total. The van der Waals surface area contributed by atoms with Crippen LogP contribution in [0.25, 0.3) is 0 Å². The van der Waals surface area contributed by atoms with Gasteiger partial charge in [0, 0.05) is 12.0 Å². The van der Waals surface area contributed by atoms with Gasteiger partial charge in [-0.15, -0.1) is 0 Å². The first kappa shape index (κ1) is 12.9. The summed E-state index contributed by atoms with van der Waals surface area (Å²) in [6.07, 6.45) is 9.23. The zero-order valence-corrected chi connectivity index (χ0v) is 12.3. The molecule has 0 aromatic heterocycles. The molecule has 18 heavy (non-hydrogen) atoms. The molecule has 0 aromatic rings. The molecule has 0 amide bonds. The summed E-state index contributed by atoms with van der Waals surface area (Å²) >= 11 is 0. The molecule has 0 bridgehead atoms. The van der Waals surface area contributed by atoms with Crippen molar-refractivity contribution in [2.24, 2.45) is 16.7 Å². The Hall–Kier alpha value is -0.0800. The number of nitrogens with one attached hydrogen (secondary N) is 1. The van der Waals surface area contributed by atoms with Crippen LogP contribution in [0.4, 0.5) is 0 Å². The molecule has 1 heterocycles. The third-order valence-electron chi connectivity index (χ3n) is 5.87. The standard InChI is InChI=1S/C16H29NO/c1-14(2,3)13-5-9-16(10-6-13)17-11-15(12-18-16)7-4-8-15/h13,17H,4-12H2,1-3H3. The Morgan fingerprint density at radius 3 is 2.11 bits per heavy atom. The lowest BCUT2D eigenvalue weighted by Crippen LogP contribution is -2.62. The minimum absolute atomic E-state index is 0.0442. The van der Waals surface area contributed by atoms with Crippen molar-refractivity contribution >= 4 is 0 Å². The molecule has 0 aromatic carbocycles. The third kappa shape index (κ3) is 2.22. The van der Waals surface area contributed by atoms with Crippen LogP contribution in [-0.2, 0) is 4.74 Å². The van der Waals surface area contributed by atoms with E-state index in [4.69, 9.17) is 4.74 Å². The summed E-state index contributed by atoms with van der Waals surface area (Å²) in [6.45, 7) is 9.36. The van der Waals surface area contributed by atoms with E-state index in [1.807, 2.05) is 0 Å². The van der Waals surface area contributed by atoms with Gasteiger partial charge in [0.05, 0.1) is 6.61 Å². The maximum atomic E-state index is 6.31. The average molecular weight is 251 g/mol. The van der Waals surface area contributed by atoms with Crippen LogP contribution in [0, 0.1) is 16.7 Å². The molecule has 1 N–H and O–H groups in total. The van der Waals surface area contributed by atoms with Crippen LogP contribution < -0.4 is 5.32 Å². The maximum Gasteiger partial charge on any atom is 0.119 e. The fourth-order valence-electron chi connectivity index (χ4n) is 4.01. The zero-order chi connectivity index (χ0) is 12.9. The summed E-state index contributed by atoms with van der Waals surface area (Å²) in [6, 6.07) is 0. The highest BCUT2D eigenvalue weighted by molar-refractivity contribution is 4.98. The summed E-state index contributed by atoms with van der Waals surface area (Å²) in [5.41, 5.74) is 1.03. The molecule has 3 aliphatic rings. The molecule has 0 radical (unpaired) electrons. The van der Waals surface area contributed by atoms with Gasteiger partial charge in [-0.3, -0.25) is 5.32 Å². The van der Waals surface area contributed by atoms with Crippen LogP contribution >= 0.6 is 0 Å². The highest BCUT2D eigenvalue weighted by Gasteiger charge is 2.48. The topological polar surface area (TPSA) is 21.3 Å². The van der Waals surface area contributed by atoms with Gasteiger partial charge in [-0.05, 0) is 49.9 Å². The summed E-state index contributed by atoms with van der Waals surface area (Å²) in [7, 11) is 0. The molecule has 0 atom stereocenters. The van der Waals surface area contributed by atoms with Crippen molar-refractivity contribution < 1.29 is 4.74 Å². The van der Waals surface area contributed by atoms with E-state index in [1.54, 1.807) is 0 Å². The Labute approximate surface area is 112 Å². The van der Waals surface area contributed by atoms with E-state index in [0.29, 0.717) is 10.8 Å². The molecule has 2 spiro atoms. The van der Waals surface area contributed by atoms with Crippen LogP contribution in [0.5, 0.6) is 0 Å². The highest BCUT2D eigenvalue weighted by Crippen LogP contribution is 2.48. The van der Waals surface area contributed by atoms with Gasteiger partial charge >= 0.3 is 0 Å². The fourth-order valence-corrected chi connectivity index (χ4v) is 4.01. The molecule has 1 saturated heterocycles. The van der Waals surface area contributed by atoms with Crippen molar-refractivity contribution in [3.63, 3.8) is 0 Å². The van der Waals surface area contributed by atoms with Gasteiger partial charge in [0.15, 0.2) is 0 Å². The highest BCUT2D eigenvalue weighted by atomic mass is 16.5. The van der Waals surface area contributed by atoms with Crippen molar-refractivity contribution in [2.75, 3.05) is 13.2 Å². The van der Waals surface area contributed by atoms with E-state index >= 15 is 0 Å². The summed E-state index contributed by atoms with van der Waals surface area (Å²) in [5.74, 6) is 0.869. The third-order valence-corrected chi connectivity index (χ3v) is 5.87. The summed E-state index contributed by atoms with van der Waals surface area (Å²) in [4.78, 5) is 0. The Kier molecular flexibility index (Phi) is 3.02. The Morgan fingerprint density at radius 1 is 1.06 bits per heavy atom. The minimum Gasteiger partial charge on any atom is -0.360 e. The molecule has 0 unspecified atom stereocenters. The van der Waals surface area contributed by atoms with Crippen LogP contribution in [0.3, 0.4) is 0 Å². The fraction of sp³-hybridized carbons (Fsp3) is 1.00. The van der Waals surface area contributed by atoms with Crippen LogP contribution in [-0.4, -0.2) is 18.9 Å². The molecular formula is C16H29NO. The van der Waals surface area contributed by atoms with E-state index in [9.17, 15) is 0 Å². The molecule has 3 fully saturated rings. The molecule has 2 heteroatoms. The second kappa shape index (κ2) is 4.21.